The standard InChI is InChI=1S/C13H12N6O3.Li/c1-18-7-15-12(17-18)10-5-9(13(20)21)16-19(10)8-3-4-11(22-2)14-6-8;/h3-7H,1-2H3,(H,20,21);/q;+1/p-1. The Balaban J connectivity index is 0.00000192. The first-order chi connectivity index (χ1) is 10.6. The predicted octanol–water partition coefficient (Wildman–Crippen LogP) is -3.56. The van der Waals surface area contributed by atoms with Gasteiger partial charge in [-0.3, -0.25) is 4.68 Å². The zero-order valence-electron chi connectivity index (χ0n) is 12.8. The average Bonchev–Trinajstić information content (AvgIpc) is 3.13. The Bertz CT molecular complexity index is 827. The maximum Gasteiger partial charge on any atom is 1.00 e. The summed E-state index contributed by atoms with van der Waals surface area (Å²) in [7, 11) is 3.22. The third kappa shape index (κ3) is 3.25. The van der Waals surface area contributed by atoms with Gasteiger partial charge in [0.05, 0.1) is 25.0 Å². The molecule has 3 heterocycles. The molecule has 10 heteroatoms. The van der Waals surface area contributed by atoms with Gasteiger partial charge in [0.25, 0.3) is 0 Å². The van der Waals surface area contributed by atoms with Crippen LogP contribution in [0.25, 0.3) is 17.2 Å². The second-order valence-electron chi connectivity index (χ2n) is 4.41. The molecule has 0 spiro atoms. The van der Waals surface area contributed by atoms with Gasteiger partial charge in [-0.15, -0.1) is 5.10 Å². The molecule has 3 rings (SSSR count). The van der Waals surface area contributed by atoms with Crippen molar-refractivity contribution in [3.05, 3.63) is 36.4 Å². The van der Waals surface area contributed by atoms with E-state index in [-0.39, 0.29) is 24.6 Å². The maximum atomic E-state index is 11.1. The molecule has 3 aromatic heterocycles. The monoisotopic (exact) mass is 306 g/mol. The molecule has 0 bridgehead atoms. The third-order valence-electron chi connectivity index (χ3n) is 2.92. The molecule has 0 saturated carbocycles. The first kappa shape index (κ1) is 16.7. The number of aromatic nitrogens is 6. The molecular formula is C13H11LiN6O3. The number of aryl methyl sites for hydroxylation is 1. The second-order valence-corrected chi connectivity index (χ2v) is 4.41. The van der Waals surface area contributed by atoms with Crippen LogP contribution in [0, 0.1) is 0 Å². The molecule has 0 amide bonds. The number of hydrogen-bond acceptors (Lipinski definition) is 7. The van der Waals surface area contributed by atoms with Crippen molar-refractivity contribution in [2.75, 3.05) is 7.11 Å². The summed E-state index contributed by atoms with van der Waals surface area (Å²) in [6.07, 6.45) is 3.02. The van der Waals surface area contributed by atoms with E-state index >= 15 is 0 Å². The van der Waals surface area contributed by atoms with Crippen LogP contribution in [-0.2, 0) is 7.05 Å². The number of methoxy groups -OCH3 is 1. The Labute approximate surface area is 143 Å². The molecule has 0 aliphatic carbocycles. The number of carboxylic acids is 1. The van der Waals surface area contributed by atoms with Crippen LogP contribution in [0.5, 0.6) is 5.88 Å². The maximum absolute atomic E-state index is 11.1. The van der Waals surface area contributed by atoms with Gasteiger partial charge in [-0.25, -0.2) is 14.6 Å². The van der Waals surface area contributed by atoms with Crippen molar-refractivity contribution in [3.63, 3.8) is 0 Å². The number of carbonyl (C=O) groups excluding carboxylic acids is 1. The van der Waals surface area contributed by atoms with E-state index in [2.05, 4.69) is 20.2 Å². The van der Waals surface area contributed by atoms with Crippen LogP contribution in [0.15, 0.2) is 30.7 Å². The van der Waals surface area contributed by atoms with Crippen molar-refractivity contribution in [2.24, 2.45) is 7.05 Å². The predicted molar refractivity (Wildman–Crippen MR) is 72.2 cm³/mol. The first-order valence-electron chi connectivity index (χ1n) is 6.26. The Morgan fingerprint density at radius 2 is 2.04 bits per heavy atom. The minimum Gasteiger partial charge on any atom is -0.543 e. The summed E-state index contributed by atoms with van der Waals surface area (Å²) in [5, 5.41) is 19.2. The summed E-state index contributed by atoms with van der Waals surface area (Å²) in [4.78, 5) is 19.3. The molecule has 0 N–H and O–H groups in total. The van der Waals surface area contributed by atoms with Crippen molar-refractivity contribution >= 4 is 5.97 Å². The number of hydrogen-bond donors (Lipinski definition) is 0. The van der Waals surface area contributed by atoms with Crippen LogP contribution in [0.2, 0.25) is 0 Å². The molecule has 0 atom stereocenters. The van der Waals surface area contributed by atoms with Crippen LogP contribution < -0.4 is 28.7 Å². The number of carbonyl (C=O) groups is 1. The van der Waals surface area contributed by atoms with Crippen LogP contribution in [0.4, 0.5) is 0 Å². The zero-order valence-corrected chi connectivity index (χ0v) is 12.8. The summed E-state index contributed by atoms with van der Waals surface area (Å²) in [5.74, 6) is -0.593. The van der Waals surface area contributed by atoms with Crippen LogP contribution in [-0.4, -0.2) is 42.6 Å². The average molecular weight is 306 g/mol. The van der Waals surface area contributed by atoms with Crippen molar-refractivity contribution < 1.29 is 33.5 Å². The molecular weight excluding hydrogens is 295 g/mol. The molecule has 0 aliphatic heterocycles. The number of rotatable bonds is 4. The minimum absolute atomic E-state index is 0. The fourth-order valence-corrected chi connectivity index (χ4v) is 1.91. The van der Waals surface area contributed by atoms with E-state index < -0.39 is 5.97 Å². The Morgan fingerprint density at radius 3 is 2.57 bits per heavy atom. The smallest absolute Gasteiger partial charge is 0.543 e. The number of nitrogens with zero attached hydrogens (tertiary/aromatic N) is 6. The van der Waals surface area contributed by atoms with E-state index in [9.17, 15) is 9.90 Å². The molecule has 0 unspecified atom stereocenters. The summed E-state index contributed by atoms with van der Waals surface area (Å²) < 4.78 is 7.90. The molecule has 0 aliphatic rings. The summed E-state index contributed by atoms with van der Waals surface area (Å²) in [6, 6.07) is 4.70. The number of pyridine rings is 1. The van der Waals surface area contributed by atoms with Gasteiger partial charge in [-0.2, -0.15) is 5.10 Å². The van der Waals surface area contributed by atoms with E-state index in [1.807, 2.05) is 0 Å². The summed E-state index contributed by atoms with van der Waals surface area (Å²) in [6.45, 7) is 0. The fraction of sp³-hybridized carbons (Fsp3) is 0.154. The summed E-state index contributed by atoms with van der Waals surface area (Å²) in [5.41, 5.74) is 0.765. The molecule has 3 aromatic rings. The Morgan fingerprint density at radius 1 is 1.26 bits per heavy atom. The van der Waals surface area contributed by atoms with E-state index in [0.717, 1.165) is 0 Å². The van der Waals surface area contributed by atoms with Gasteiger partial charge >= 0.3 is 18.9 Å². The van der Waals surface area contributed by atoms with Crippen molar-refractivity contribution in [1.29, 1.82) is 0 Å². The number of aromatic carboxylic acids is 1. The SMILES string of the molecule is COc1ccc(-n2nc(C(=O)[O-])cc2-c2ncn(C)n2)cn1.[Li+]. The first-order valence-corrected chi connectivity index (χ1v) is 6.26. The summed E-state index contributed by atoms with van der Waals surface area (Å²) >= 11 is 0. The molecule has 0 radical (unpaired) electrons. The van der Waals surface area contributed by atoms with Gasteiger partial charge in [0, 0.05) is 13.1 Å². The molecule has 0 saturated heterocycles. The Kier molecular flexibility index (Phi) is 4.83. The molecule has 0 aromatic carbocycles. The van der Waals surface area contributed by atoms with Gasteiger partial charge in [0.15, 0.2) is 5.82 Å². The van der Waals surface area contributed by atoms with Crippen molar-refractivity contribution in [1.82, 2.24) is 29.5 Å². The van der Waals surface area contributed by atoms with E-state index in [1.165, 1.54) is 35.1 Å². The quantitative estimate of drug-likeness (QED) is 0.459. The molecule has 0 fully saturated rings. The number of carboxylic acid groups (broad SMARTS) is 1. The largest absolute Gasteiger partial charge is 1.00 e. The van der Waals surface area contributed by atoms with Crippen LogP contribution in [0.1, 0.15) is 10.5 Å². The van der Waals surface area contributed by atoms with Gasteiger partial charge in [-0.1, -0.05) is 0 Å². The topological polar surface area (TPSA) is 111 Å². The fourth-order valence-electron chi connectivity index (χ4n) is 1.91. The van der Waals surface area contributed by atoms with Gasteiger partial charge < -0.3 is 14.6 Å². The van der Waals surface area contributed by atoms with E-state index in [0.29, 0.717) is 23.1 Å². The molecule has 23 heavy (non-hydrogen) atoms. The van der Waals surface area contributed by atoms with Crippen molar-refractivity contribution in [2.45, 2.75) is 0 Å². The van der Waals surface area contributed by atoms with Crippen LogP contribution in [0.3, 0.4) is 0 Å². The van der Waals surface area contributed by atoms with Gasteiger partial charge in [0.1, 0.15) is 17.7 Å². The number of ether oxygens (including phenoxy) is 1. The molecule has 9 nitrogen and oxygen atoms in total. The van der Waals surface area contributed by atoms with E-state index in [4.69, 9.17) is 4.74 Å². The van der Waals surface area contributed by atoms with Gasteiger partial charge in [-0.05, 0) is 12.1 Å². The van der Waals surface area contributed by atoms with Crippen LogP contribution >= 0.6 is 0 Å². The van der Waals surface area contributed by atoms with Crippen molar-refractivity contribution in [3.8, 4) is 23.1 Å². The second kappa shape index (κ2) is 6.64. The Hall–Kier alpha value is -2.63. The van der Waals surface area contributed by atoms with E-state index in [1.54, 1.807) is 19.2 Å². The third-order valence-corrected chi connectivity index (χ3v) is 2.92. The minimum atomic E-state index is -1.38. The normalized spacial score (nSPS) is 10.2. The molecule has 112 valence electrons. The van der Waals surface area contributed by atoms with Gasteiger partial charge in [0.2, 0.25) is 5.88 Å². The zero-order chi connectivity index (χ0) is 15.7.